The van der Waals surface area contributed by atoms with Crippen molar-refractivity contribution < 1.29 is 9.53 Å². The van der Waals surface area contributed by atoms with Crippen molar-refractivity contribution in [3.63, 3.8) is 0 Å². The summed E-state index contributed by atoms with van der Waals surface area (Å²) in [6, 6.07) is 14.7. The molecular weight excluding hydrogens is 438 g/mol. The molecular formula is C29H37N3O3. The largest absolute Gasteiger partial charge is 0.497 e. The molecule has 1 aliphatic rings. The van der Waals surface area contributed by atoms with Crippen molar-refractivity contribution >= 4 is 16.8 Å². The van der Waals surface area contributed by atoms with Crippen molar-refractivity contribution in [1.29, 1.82) is 0 Å². The topological polar surface area (TPSA) is 64.4 Å². The van der Waals surface area contributed by atoms with Gasteiger partial charge in [0.25, 0.3) is 5.56 Å². The smallest absolute Gasteiger partial charge is 0.266 e. The van der Waals surface area contributed by atoms with Gasteiger partial charge in [0.2, 0.25) is 5.91 Å². The van der Waals surface area contributed by atoms with Crippen LogP contribution < -0.4 is 10.3 Å². The van der Waals surface area contributed by atoms with E-state index >= 15 is 0 Å². The summed E-state index contributed by atoms with van der Waals surface area (Å²) in [5.74, 6) is 1.65. The van der Waals surface area contributed by atoms with Crippen LogP contribution in [0.2, 0.25) is 0 Å². The zero-order chi connectivity index (χ0) is 24.8. The second-order valence-corrected chi connectivity index (χ2v) is 9.47. The van der Waals surface area contributed by atoms with Gasteiger partial charge < -0.3 is 9.64 Å². The first-order valence-corrected chi connectivity index (χ1v) is 13.1. The summed E-state index contributed by atoms with van der Waals surface area (Å²) >= 11 is 0. The maximum atomic E-state index is 13.8. The Labute approximate surface area is 207 Å². The van der Waals surface area contributed by atoms with Gasteiger partial charge in [-0.05, 0) is 62.1 Å². The Morgan fingerprint density at radius 1 is 1.09 bits per heavy atom. The molecule has 1 atom stereocenters. The maximum absolute atomic E-state index is 13.8. The fourth-order valence-electron chi connectivity index (χ4n) is 5.26. The number of nitrogens with zero attached hydrogens (tertiary/aromatic N) is 3. The average molecular weight is 476 g/mol. The van der Waals surface area contributed by atoms with E-state index in [1.54, 1.807) is 11.7 Å². The molecule has 1 unspecified atom stereocenters. The Morgan fingerprint density at radius 2 is 1.80 bits per heavy atom. The summed E-state index contributed by atoms with van der Waals surface area (Å²) in [5.41, 5.74) is 1.28. The summed E-state index contributed by atoms with van der Waals surface area (Å²) in [6.45, 7) is 4.94. The van der Waals surface area contributed by atoms with Crippen LogP contribution in [0, 0.1) is 5.92 Å². The number of fused-ring (bicyclic) bond motifs is 1. The lowest BCUT2D eigenvalue weighted by molar-refractivity contribution is -0.138. The number of para-hydroxylation sites is 1. The zero-order valence-electron chi connectivity index (χ0n) is 21.2. The second kappa shape index (κ2) is 11.5. The number of amides is 1. The van der Waals surface area contributed by atoms with Gasteiger partial charge in [-0.2, -0.15) is 0 Å². The average Bonchev–Trinajstić information content (AvgIpc) is 3.43. The number of aromatic nitrogens is 2. The number of hydrogen-bond donors (Lipinski definition) is 0. The van der Waals surface area contributed by atoms with E-state index in [4.69, 9.17) is 9.72 Å². The monoisotopic (exact) mass is 475 g/mol. The van der Waals surface area contributed by atoms with E-state index in [0.29, 0.717) is 29.7 Å². The molecule has 1 aromatic heterocycles. The van der Waals surface area contributed by atoms with Crippen LogP contribution in [0.25, 0.3) is 16.6 Å². The molecule has 0 aliphatic heterocycles. The lowest BCUT2D eigenvalue weighted by Gasteiger charge is -2.34. The molecule has 186 valence electrons. The molecule has 1 saturated carbocycles. The first-order chi connectivity index (χ1) is 17.1. The molecule has 4 rings (SSSR count). The van der Waals surface area contributed by atoms with Crippen LogP contribution in [0.15, 0.2) is 53.3 Å². The molecule has 3 aromatic rings. The molecule has 1 amide bonds. The Morgan fingerprint density at radius 3 is 2.46 bits per heavy atom. The van der Waals surface area contributed by atoms with Gasteiger partial charge in [-0.25, -0.2) is 4.98 Å². The van der Waals surface area contributed by atoms with Crippen molar-refractivity contribution in [3.05, 3.63) is 64.7 Å². The first-order valence-electron chi connectivity index (χ1n) is 13.1. The minimum Gasteiger partial charge on any atom is -0.497 e. The second-order valence-electron chi connectivity index (χ2n) is 9.47. The van der Waals surface area contributed by atoms with Crippen molar-refractivity contribution in [2.45, 2.75) is 71.3 Å². The molecule has 2 aromatic carbocycles. The van der Waals surface area contributed by atoms with Gasteiger partial charge in [0, 0.05) is 12.5 Å². The molecule has 1 heterocycles. The van der Waals surface area contributed by atoms with Crippen LogP contribution in [0.1, 0.15) is 77.1 Å². The minimum atomic E-state index is -0.278. The number of unbranched alkanes of at least 4 members (excludes halogenated alkanes) is 2. The minimum absolute atomic E-state index is 0.0762. The van der Waals surface area contributed by atoms with Gasteiger partial charge in [0.15, 0.2) is 0 Å². The Bertz CT molecular complexity index is 1200. The molecule has 0 spiro atoms. The molecule has 1 fully saturated rings. The van der Waals surface area contributed by atoms with Gasteiger partial charge in [0.1, 0.15) is 11.6 Å². The number of carbonyl (C=O) groups is 1. The van der Waals surface area contributed by atoms with E-state index < -0.39 is 0 Å². The standard InChI is InChI=1S/C29H37N3O3/c1-4-6-11-20-31(28(33)21-12-7-8-13-21)26(5-2)27-30-25-15-10-9-14-24(25)29(34)32(27)22-16-18-23(35-3)19-17-22/h9-10,14-19,21,26H,4-8,11-13,20H2,1-3H3. The molecule has 0 bridgehead atoms. The predicted molar refractivity (Wildman–Crippen MR) is 140 cm³/mol. The van der Waals surface area contributed by atoms with Gasteiger partial charge in [0.05, 0.1) is 29.7 Å². The van der Waals surface area contributed by atoms with E-state index in [9.17, 15) is 9.59 Å². The van der Waals surface area contributed by atoms with E-state index in [-0.39, 0.29) is 23.4 Å². The number of benzene rings is 2. The van der Waals surface area contributed by atoms with Gasteiger partial charge in [-0.1, -0.05) is 51.7 Å². The highest BCUT2D eigenvalue weighted by Gasteiger charge is 2.33. The highest BCUT2D eigenvalue weighted by atomic mass is 16.5. The van der Waals surface area contributed by atoms with Crippen molar-refractivity contribution in [2.75, 3.05) is 13.7 Å². The van der Waals surface area contributed by atoms with Gasteiger partial charge in [-0.15, -0.1) is 0 Å². The molecule has 6 nitrogen and oxygen atoms in total. The van der Waals surface area contributed by atoms with Crippen molar-refractivity contribution in [3.8, 4) is 11.4 Å². The van der Waals surface area contributed by atoms with Gasteiger partial charge >= 0.3 is 0 Å². The molecule has 0 saturated heterocycles. The normalized spacial score (nSPS) is 14.8. The van der Waals surface area contributed by atoms with E-state index in [1.165, 1.54) is 0 Å². The Hall–Kier alpha value is -3.15. The van der Waals surface area contributed by atoms with E-state index in [2.05, 4.69) is 13.8 Å². The Kier molecular flexibility index (Phi) is 8.21. The zero-order valence-corrected chi connectivity index (χ0v) is 21.2. The van der Waals surface area contributed by atoms with Crippen molar-refractivity contribution in [1.82, 2.24) is 14.5 Å². The number of methoxy groups -OCH3 is 1. The number of carbonyl (C=O) groups excluding carboxylic acids is 1. The molecule has 1 aliphatic carbocycles. The number of hydrogen-bond acceptors (Lipinski definition) is 4. The third-order valence-electron chi connectivity index (χ3n) is 7.18. The van der Waals surface area contributed by atoms with Crippen molar-refractivity contribution in [2.24, 2.45) is 5.92 Å². The van der Waals surface area contributed by atoms with E-state index in [1.807, 2.05) is 53.4 Å². The predicted octanol–water partition coefficient (Wildman–Crippen LogP) is 6.05. The third kappa shape index (κ3) is 5.26. The van der Waals surface area contributed by atoms with Crippen LogP contribution in [-0.4, -0.2) is 34.0 Å². The third-order valence-corrected chi connectivity index (χ3v) is 7.18. The quantitative estimate of drug-likeness (QED) is 0.335. The highest BCUT2D eigenvalue weighted by Crippen LogP contribution is 2.33. The lowest BCUT2D eigenvalue weighted by Crippen LogP contribution is -2.41. The Balaban J connectivity index is 1.87. The first kappa shape index (κ1) is 25.0. The van der Waals surface area contributed by atoms with Gasteiger partial charge in [-0.3, -0.25) is 14.2 Å². The van der Waals surface area contributed by atoms with Crippen LogP contribution in [0.3, 0.4) is 0 Å². The fourth-order valence-corrected chi connectivity index (χ4v) is 5.26. The number of rotatable bonds is 10. The molecule has 6 heteroatoms. The molecule has 0 N–H and O–H groups in total. The van der Waals surface area contributed by atoms with Crippen LogP contribution >= 0.6 is 0 Å². The molecule has 0 radical (unpaired) electrons. The highest BCUT2D eigenvalue weighted by molar-refractivity contribution is 5.80. The summed E-state index contributed by atoms with van der Waals surface area (Å²) in [5, 5.41) is 0.571. The number of ether oxygens (including phenoxy) is 1. The summed E-state index contributed by atoms with van der Waals surface area (Å²) < 4.78 is 7.03. The van der Waals surface area contributed by atoms with Crippen LogP contribution in [0.4, 0.5) is 0 Å². The molecule has 35 heavy (non-hydrogen) atoms. The summed E-state index contributed by atoms with van der Waals surface area (Å²) in [7, 11) is 1.63. The lowest BCUT2D eigenvalue weighted by atomic mass is 10.0. The maximum Gasteiger partial charge on any atom is 0.266 e. The summed E-state index contributed by atoms with van der Waals surface area (Å²) in [6.07, 6.45) is 7.93. The van der Waals surface area contributed by atoms with Crippen LogP contribution in [0.5, 0.6) is 5.75 Å². The fraction of sp³-hybridized carbons (Fsp3) is 0.483. The van der Waals surface area contributed by atoms with E-state index in [0.717, 1.165) is 56.4 Å². The SMILES string of the molecule is CCCCCN(C(=O)C1CCCC1)C(CC)c1nc2ccccc2c(=O)n1-c1ccc(OC)cc1. The summed E-state index contributed by atoms with van der Waals surface area (Å²) in [4.78, 5) is 34.7. The van der Waals surface area contributed by atoms with Crippen LogP contribution in [-0.2, 0) is 4.79 Å².